The third-order valence-corrected chi connectivity index (χ3v) is 4.93. The van der Waals surface area contributed by atoms with E-state index < -0.39 is 6.04 Å². The first-order valence-electron chi connectivity index (χ1n) is 9.79. The predicted molar refractivity (Wildman–Crippen MR) is 111 cm³/mol. The summed E-state index contributed by atoms with van der Waals surface area (Å²) in [5.41, 5.74) is 2.48. The average Bonchev–Trinajstić information content (AvgIpc) is 3.40. The highest BCUT2D eigenvalue weighted by molar-refractivity contribution is 5.95. The van der Waals surface area contributed by atoms with Crippen molar-refractivity contribution in [3.05, 3.63) is 78.0 Å². The Morgan fingerprint density at radius 1 is 1.13 bits per heavy atom. The molecule has 1 N–H and O–H groups in total. The molecule has 8 nitrogen and oxygen atoms in total. The van der Waals surface area contributed by atoms with Gasteiger partial charge in [-0.2, -0.15) is 10.1 Å². The van der Waals surface area contributed by atoms with Gasteiger partial charge in [-0.1, -0.05) is 19.0 Å². The minimum Gasteiger partial charge on any atom is -0.340 e. The highest BCUT2D eigenvalue weighted by atomic mass is 19.1. The Kier molecular flexibility index (Phi) is 5.57. The lowest BCUT2D eigenvalue weighted by atomic mass is 10.0. The number of hydrogen-bond acceptors (Lipinski definition) is 6. The largest absolute Gasteiger partial charge is 0.340 e. The molecular formula is C22H21FN6O2. The molecule has 0 fully saturated rings. The number of carbonyl (C=O) groups excluding carboxylic acids is 1. The quantitative estimate of drug-likeness (QED) is 0.508. The van der Waals surface area contributed by atoms with E-state index in [1.54, 1.807) is 48.3 Å². The Morgan fingerprint density at radius 2 is 1.84 bits per heavy atom. The average molecular weight is 420 g/mol. The van der Waals surface area contributed by atoms with Gasteiger partial charge < -0.3 is 9.84 Å². The number of rotatable bonds is 6. The lowest BCUT2D eigenvalue weighted by Gasteiger charge is -2.18. The van der Waals surface area contributed by atoms with E-state index in [2.05, 4.69) is 25.5 Å². The van der Waals surface area contributed by atoms with Crippen molar-refractivity contribution in [2.45, 2.75) is 26.8 Å². The SMILES string of the molecule is Cc1c(C(=O)NC(c2nc(-c3ccncc3)no2)C(C)C)cnn1-c1ccc(F)cc1. The van der Waals surface area contributed by atoms with Gasteiger partial charge in [0, 0.05) is 18.0 Å². The van der Waals surface area contributed by atoms with Crippen LogP contribution < -0.4 is 5.32 Å². The summed E-state index contributed by atoms with van der Waals surface area (Å²) in [6, 6.07) is 8.99. The molecule has 9 heteroatoms. The predicted octanol–water partition coefficient (Wildman–Crippen LogP) is 3.89. The molecule has 0 radical (unpaired) electrons. The third kappa shape index (κ3) is 4.20. The van der Waals surface area contributed by atoms with E-state index in [9.17, 15) is 9.18 Å². The summed E-state index contributed by atoms with van der Waals surface area (Å²) in [7, 11) is 0. The standard InChI is InChI=1S/C22H21FN6O2/c1-13(2)19(22-27-20(28-31-22)15-8-10-24-11-9-15)26-21(30)18-12-25-29(14(18)3)17-6-4-16(23)5-7-17/h4-13,19H,1-3H3,(H,26,30). The van der Waals surface area contributed by atoms with Crippen molar-refractivity contribution in [3.63, 3.8) is 0 Å². The maximum absolute atomic E-state index is 13.2. The van der Waals surface area contributed by atoms with E-state index in [-0.39, 0.29) is 17.6 Å². The fourth-order valence-electron chi connectivity index (χ4n) is 3.19. The Labute approximate surface area is 178 Å². The molecule has 0 saturated heterocycles. The number of aromatic nitrogens is 5. The van der Waals surface area contributed by atoms with Gasteiger partial charge >= 0.3 is 0 Å². The van der Waals surface area contributed by atoms with Crippen LogP contribution in [0.5, 0.6) is 0 Å². The van der Waals surface area contributed by atoms with Gasteiger partial charge in [0.1, 0.15) is 11.9 Å². The molecule has 1 amide bonds. The van der Waals surface area contributed by atoms with Gasteiger partial charge in [0.25, 0.3) is 5.91 Å². The molecule has 4 aromatic rings. The van der Waals surface area contributed by atoms with Gasteiger partial charge in [-0.3, -0.25) is 9.78 Å². The van der Waals surface area contributed by atoms with Crippen LogP contribution in [-0.2, 0) is 0 Å². The van der Waals surface area contributed by atoms with Crippen LogP contribution in [-0.4, -0.2) is 30.8 Å². The van der Waals surface area contributed by atoms with Crippen LogP contribution in [0.15, 0.2) is 59.5 Å². The minimum absolute atomic E-state index is 0.00198. The second kappa shape index (κ2) is 8.47. The third-order valence-electron chi connectivity index (χ3n) is 4.93. The highest BCUT2D eigenvalue weighted by Gasteiger charge is 2.27. The maximum atomic E-state index is 13.2. The van der Waals surface area contributed by atoms with Gasteiger partial charge in [0.2, 0.25) is 11.7 Å². The zero-order valence-electron chi connectivity index (χ0n) is 17.3. The minimum atomic E-state index is -0.482. The number of halogens is 1. The first-order chi connectivity index (χ1) is 14.9. The van der Waals surface area contributed by atoms with E-state index in [0.29, 0.717) is 28.7 Å². The van der Waals surface area contributed by atoms with Crippen LogP contribution in [0.4, 0.5) is 4.39 Å². The zero-order valence-corrected chi connectivity index (χ0v) is 17.3. The Bertz CT molecular complexity index is 1180. The van der Waals surface area contributed by atoms with Gasteiger partial charge in [0.15, 0.2) is 0 Å². The van der Waals surface area contributed by atoms with Gasteiger partial charge in [0.05, 0.1) is 23.1 Å². The first-order valence-corrected chi connectivity index (χ1v) is 9.79. The number of carbonyl (C=O) groups is 1. The summed E-state index contributed by atoms with van der Waals surface area (Å²) in [6.07, 6.45) is 4.78. The van der Waals surface area contributed by atoms with Crippen LogP contribution >= 0.6 is 0 Å². The molecule has 1 aromatic carbocycles. The highest BCUT2D eigenvalue weighted by Crippen LogP contribution is 2.24. The molecule has 158 valence electrons. The molecule has 1 unspecified atom stereocenters. The summed E-state index contributed by atoms with van der Waals surface area (Å²) >= 11 is 0. The number of hydrogen-bond donors (Lipinski definition) is 1. The fourth-order valence-corrected chi connectivity index (χ4v) is 3.19. The monoisotopic (exact) mass is 420 g/mol. The van der Waals surface area contributed by atoms with Crippen LogP contribution in [0.2, 0.25) is 0 Å². The van der Waals surface area contributed by atoms with Gasteiger partial charge in [-0.15, -0.1) is 0 Å². The van der Waals surface area contributed by atoms with Crippen molar-refractivity contribution in [1.82, 2.24) is 30.2 Å². The van der Waals surface area contributed by atoms with Crippen LogP contribution in [0.1, 0.15) is 41.8 Å². The van der Waals surface area contributed by atoms with Crippen molar-refractivity contribution in [1.29, 1.82) is 0 Å². The van der Waals surface area contributed by atoms with Crippen molar-refractivity contribution in [2.75, 3.05) is 0 Å². The molecular weight excluding hydrogens is 399 g/mol. The van der Waals surface area contributed by atoms with Crippen LogP contribution in [0, 0.1) is 18.7 Å². The lowest BCUT2D eigenvalue weighted by Crippen LogP contribution is -2.32. The normalized spacial score (nSPS) is 12.2. The summed E-state index contributed by atoms with van der Waals surface area (Å²) in [4.78, 5) is 21.4. The number of nitrogens with zero attached hydrogens (tertiary/aromatic N) is 5. The summed E-state index contributed by atoms with van der Waals surface area (Å²) < 4.78 is 20.2. The van der Waals surface area contributed by atoms with Crippen molar-refractivity contribution < 1.29 is 13.7 Å². The summed E-state index contributed by atoms with van der Waals surface area (Å²) in [5.74, 6) is 0.101. The second-order valence-corrected chi connectivity index (χ2v) is 7.42. The van der Waals surface area contributed by atoms with Crippen molar-refractivity contribution >= 4 is 5.91 Å². The Balaban J connectivity index is 1.56. The molecule has 0 bridgehead atoms. The second-order valence-electron chi connectivity index (χ2n) is 7.42. The van der Waals surface area contributed by atoms with E-state index >= 15 is 0 Å². The number of pyridine rings is 1. The number of benzene rings is 1. The zero-order chi connectivity index (χ0) is 22.0. The van der Waals surface area contributed by atoms with Crippen molar-refractivity contribution in [2.24, 2.45) is 5.92 Å². The molecule has 0 spiro atoms. The molecule has 1 atom stereocenters. The molecule has 3 heterocycles. The smallest absolute Gasteiger partial charge is 0.255 e. The topological polar surface area (TPSA) is 98.7 Å². The molecule has 0 aliphatic heterocycles. The van der Waals surface area contributed by atoms with E-state index in [4.69, 9.17) is 4.52 Å². The van der Waals surface area contributed by atoms with E-state index in [1.807, 2.05) is 13.8 Å². The van der Waals surface area contributed by atoms with Gasteiger partial charge in [-0.05, 0) is 49.2 Å². The first kappa shape index (κ1) is 20.4. The molecule has 3 aromatic heterocycles. The molecule has 31 heavy (non-hydrogen) atoms. The maximum Gasteiger partial charge on any atom is 0.255 e. The van der Waals surface area contributed by atoms with E-state index in [1.165, 1.54) is 18.3 Å². The van der Waals surface area contributed by atoms with Crippen LogP contribution in [0.25, 0.3) is 17.1 Å². The van der Waals surface area contributed by atoms with Crippen molar-refractivity contribution in [3.8, 4) is 17.1 Å². The van der Waals surface area contributed by atoms with E-state index in [0.717, 1.165) is 5.56 Å². The Morgan fingerprint density at radius 3 is 2.52 bits per heavy atom. The number of nitrogens with one attached hydrogen (secondary N) is 1. The lowest BCUT2D eigenvalue weighted by molar-refractivity contribution is 0.0913. The summed E-state index contributed by atoms with van der Waals surface area (Å²) in [5, 5.41) is 11.3. The molecule has 0 aliphatic rings. The Hall–Kier alpha value is -3.88. The molecule has 0 saturated carbocycles. The molecule has 0 aliphatic carbocycles. The van der Waals surface area contributed by atoms with Crippen LogP contribution in [0.3, 0.4) is 0 Å². The van der Waals surface area contributed by atoms with Gasteiger partial charge in [-0.25, -0.2) is 9.07 Å². The summed E-state index contributed by atoms with van der Waals surface area (Å²) in [6.45, 7) is 5.69. The fraction of sp³-hybridized carbons (Fsp3) is 0.227. The molecule has 4 rings (SSSR count). The number of amides is 1.